The Morgan fingerprint density at radius 3 is 2.73 bits per heavy atom. The molecule has 6 atom stereocenters. The molecule has 2 aromatic rings. The summed E-state index contributed by atoms with van der Waals surface area (Å²) in [5.41, 5.74) is 2.27. The Morgan fingerprint density at radius 2 is 1.98 bits per heavy atom. The van der Waals surface area contributed by atoms with Gasteiger partial charge in [0.2, 0.25) is 0 Å². The van der Waals surface area contributed by atoms with Gasteiger partial charge in [0.25, 0.3) is 0 Å². The zero-order valence-corrected chi connectivity index (χ0v) is 30.0. The molecular weight excluding hydrogens is 666 g/mol. The van der Waals surface area contributed by atoms with Crippen molar-refractivity contribution in [2.24, 2.45) is 22.1 Å². The molecule has 1 aromatic heterocycles. The third-order valence-corrected chi connectivity index (χ3v) is 13.3. The molecule has 1 saturated heterocycles. The number of ether oxygens (including phenoxy) is 3. The quantitative estimate of drug-likeness (QED) is 0.420. The SMILES string of the molecule is COC1CN(C(=O)NS2(=O)=NC(=O)c3ccc4c(n3)N(C[C@@H]3CC[C@H]3[C@@H](OC)/C=C/C[C@H](C)C2)C[C@@]2(CCCc3cc(Cl)ccc32)CO4)C1. The number of rotatable bonds is 3. The minimum atomic E-state index is -3.51. The Morgan fingerprint density at radius 1 is 1.14 bits per heavy atom. The fourth-order valence-corrected chi connectivity index (χ4v) is 10.2. The van der Waals surface area contributed by atoms with E-state index >= 15 is 0 Å². The van der Waals surface area contributed by atoms with E-state index in [-0.39, 0.29) is 35.0 Å². The number of amides is 3. The van der Waals surface area contributed by atoms with Crippen molar-refractivity contribution in [1.29, 1.82) is 0 Å². The summed E-state index contributed by atoms with van der Waals surface area (Å²) in [4.78, 5) is 35.7. The van der Waals surface area contributed by atoms with Gasteiger partial charge in [-0.3, -0.25) is 9.52 Å². The van der Waals surface area contributed by atoms with Gasteiger partial charge in [-0.15, -0.1) is 4.36 Å². The minimum absolute atomic E-state index is 0.00614. The van der Waals surface area contributed by atoms with Crippen LogP contribution in [0.1, 0.15) is 60.6 Å². The molecule has 49 heavy (non-hydrogen) atoms. The third kappa shape index (κ3) is 6.94. The fourth-order valence-electron chi connectivity index (χ4n) is 8.17. The van der Waals surface area contributed by atoms with Crippen molar-refractivity contribution < 1.29 is 28.0 Å². The lowest BCUT2D eigenvalue weighted by Crippen LogP contribution is -2.58. The monoisotopic (exact) mass is 711 g/mol. The van der Waals surface area contributed by atoms with E-state index in [9.17, 15) is 13.8 Å². The van der Waals surface area contributed by atoms with E-state index in [1.807, 2.05) is 13.0 Å². The van der Waals surface area contributed by atoms with Crippen LogP contribution >= 0.6 is 11.6 Å². The summed E-state index contributed by atoms with van der Waals surface area (Å²) in [7, 11) is -0.159. The van der Waals surface area contributed by atoms with Crippen LogP contribution in [0.3, 0.4) is 0 Å². The first-order valence-electron chi connectivity index (χ1n) is 17.3. The molecule has 2 bridgehead atoms. The Balaban J connectivity index is 1.28. The van der Waals surface area contributed by atoms with Gasteiger partial charge in [0.05, 0.1) is 37.7 Å². The number of hydrogen-bond donors (Lipinski definition) is 1. The Hall–Kier alpha value is -3.19. The molecule has 1 spiro atoms. The first kappa shape index (κ1) is 34.3. The maximum absolute atomic E-state index is 14.4. The van der Waals surface area contributed by atoms with Gasteiger partial charge in [0.1, 0.15) is 15.6 Å². The second-order valence-electron chi connectivity index (χ2n) is 14.5. The number of allylic oxidation sites excluding steroid dienone is 1. The fraction of sp³-hybridized carbons (Fsp3) is 0.583. The van der Waals surface area contributed by atoms with Gasteiger partial charge >= 0.3 is 11.9 Å². The number of pyridine rings is 1. The molecule has 1 aromatic carbocycles. The molecule has 13 heteroatoms. The van der Waals surface area contributed by atoms with E-state index < -0.39 is 21.9 Å². The van der Waals surface area contributed by atoms with Crippen molar-refractivity contribution in [2.75, 3.05) is 57.7 Å². The molecule has 7 rings (SSSR count). The van der Waals surface area contributed by atoms with E-state index in [1.54, 1.807) is 26.4 Å². The standard InChI is InChI=1S/C36H46ClN5O6S/c1-23-6-4-8-31(47-3)28-11-9-25(28)17-42-21-36(15-5-7-24-16-26(37)10-12-29(24)36)22-48-32-14-13-30(38-33(32)42)34(43)39-49(45,20-23)40-35(44)41-18-27(19-41)46-2/h4,8,10,12-14,16,23,25,27-28,31H,5-7,9,11,15,17-22H2,1-3H3,(H,39,40,43,44,45)/b8-4+/t23-,25-,28+,31-,36-,49?/m0/s1. The van der Waals surface area contributed by atoms with E-state index in [2.05, 4.69) is 38.3 Å². The van der Waals surface area contributed by atoms with E-state index in [1.165, 1.54) is 16.0 Å². The molecule has 3 aliphatic heterocycles. The number of benzene rings is 1. The van der Waals surface area contributed by atoms with Crippen molar-refractivity contribution in [3.63, 3.8) is 0 Å². The van der Waals surface area contributed by atoms with Crippen LogP contribution in [0.15, 0.2) is 46.8 Å². The summed E-state index contributed by atoms with van der Waals surface area (Å²) in [6.45, 7) is 4.57. The predicted octanol–water partition coefficient (Wildman–Crippen LogP) is 5.41. The number of nitrogens with zero attached hydrogens (tertiary/aromatic N) is 4. The molecular formula is C36H46ClN5O6S. The van der Waals surface area contributed by atoms with Crippen molar-refractivity contribution in [2.45, 2.75) is 63.1 Å². The summed E-state index contributed by atoms with van der Waals surface area (Å²) in [6, 6.07) is 9.01. The molecule has 5 aliphatic rings. The molecule has 264 valence electrons. The molecule has 1 unspecified atom stereocenters. The van der Waals surface area contributed by atoms with Crippen LogP contribution < -0.4 is 14.4 Å². The van der Waals surface area contributed by atoms with Gasteiger partial charge in [-0.2, -0.15) is 0 Å². The molecule has 1 N–H and O–H groups in total. The maximum atomic E-state index is 14.4. The average molecular weight is 712 g/mol. The van der Waals surface area contributed by atoms with Crippen molar-refractivity contribution >= 4 is 39.3 Å². The Labute approximate surface area is 294 Å². The number of nitrogens with one attached hydrogen (secondary N) is 1. The summed E-state index contributed by atoms with van der Waals surface area (Å²) in [5.74, 6) is 0.987. The lowest BCUT2D eigenvalue weighted by molar-refractivity contribution is -0.00645. The van der Waals surface area contributed by atoms with E-state index in [4.69, 9.17) is 30.8 Å². The molecule has 3 amide bonds. The lowest BCUT2D eigenvalue weighted by atomic mass is 9.68. The van der Waals surface area contributed by atoms with E-state index in [0.717, 1.165) is 43.7 Å². The normalized spacial score (nSPS) is 32.4. The summed E-state index contributed by atoms with van der Waals surface area (Å²) in [5, 5.41) is 0.731. The molecule has 2 aliphatic carbocycles. The van der Waals surface area contributed by atoms with Gasteiger partial charge in [0.15, 0.2) is 11.6 Å². The molecule has 0 radical (unpaired) electrons. The molecule has 11 nitrogen and oxygen atoms in total. The van der Waals surface area contributed by atoms with Gasteiger partial charge in [0, 0.05) is 37.7 Å². The van der Waals surface area contributed by atoms with Crippen molar-refractivity contribution in [3.8, 4) is 5.75 Å². The van der Waals surface area contributed by atoms with Crippen LogP contribution in [0.4, 0.5) is 10.6 Å². The number of hydrogen-bond acceptors (Lipinski definition) is 8. The number of methoxy groups -OCH3 is 2. The van der Waals surface area contributed by atoms with Crippen molar-refractivity contribution in [3.05, 3.63) is 64.3 Å². The number of aryl methyl sites for hydroxylation is 1. The zero-order valence-electron chi connectivity index (χ0n) is 28.4. The predicted molar refractivity (Wildman–Crippen MR) is 189 cm³/mol. The summed E-state index contributed by atoms with van der Waals surface area (Å²) in [6.07, 6.45) is 9.70. The van der Waals surface area contributed by atoms with Crippen LogP contribution in [0.2, 0.25) is 5.02 Å². The molecule has 2 fully saturated rings. The number of carbonyl (C=O) groups excluding carboxylic acids is 2. The highest BCUT2D eigenvalue weighted by Crippen LogP contribution is 2.46. The Kier molecular flexibility index (Phi) is 9.68. The third-order valence-electron chi connectivity index (χ3n) is 11.0. The van der Waals surface area contributed by atoms with Crippen LogP contribution in [-0.4, -0.2) is 91.0 Å². The number of fused-ring (bicyclic) bond motifs is 4. The number of urea groups is 1. The summed E-state index contributed by atoms with van der Waals surface area (Å²) < 4.78 is 39.1. The average Bonchev–Trinajstić information content (AvgIpc) is 3.18. The highest BCUT2D eigenvalue weighted by molar-refractivity contribution is 7.92. The second-order valence-corrected chi connectivity index (χ2v) is 16.9. The van der Waals surface area contributed by atoms with E-state index in [0.29, 0.717) is 56.1 Å². The number of aromatic nitrogens is 1. The van der Waals surface area contributed by atoms with Crippen molar-refractivity contribution in [1.82, 2.24) is 14.6 Å². The maximum Gasteiger partial charge on any atom is 0.330 e. The van der Waals surface area contributed by atoms with Crippen LogP contribution in [0.5, 0.6) is 5.75 Å². The first-order valence-corrected chi connectivity index (χ1v) is 19.4. The minimum Gasteiger partial charge on any atom is -0.489 e. The highest BCUT2D eigenvalue weighted by Gasteiger charge is 2.45. The van der Waals surface area contributed by atoms with Crippen LogP contribution in [0, 0.1) is 17.8 Å². The number of likely N-dealkylation sites (tertiary alicyclic amines) is 1. The second kappa shape index (κ2) is 13.8. The van der Waals surface area contributed by atoms with Gasteiger partial charge in [-0.25, -0.2) is 14.0 Å². The topological polar surface area (TPSA) is 123 Å². The molecule has 1 saturated carbocycles. The first-order chi connectivity index (χ1) is 23.6. The Bertz CT molecular complexity index is 1760. The van der Waals surface area contributed by atoms with Crippen LogP contribution in [0.25, 0.3) is 0 Å². The van der Waals surface area contributed by atoms with Gasteiger partial charge in [-0.1, -0.05) is 36.7 Å². The summed E-state index contributed by atoms with van der Waals surface area (Å²) >= 11 is 6.44. The highest BCUT2D eigenvalue weighted by atomic mass is 35.5. The van der Waals surface area contributed by atoms with Gasteiger partial charge < -0.3 is 24.0 Å². The number of anilines is 1. The zero-order chi connectivity index (χ0) is 34.3. The van der Waals surface area contributed by atoms with Gasteiger partial charge in [-0.05, 0) is 91.7 Å². The number of halogens is 1. The van der Waals surface area contributed by atoms with Crippen LogP contribution in [-0.2, 0) is 31.2 Å². The smallest absolute Gasteiger partial charge is 0.330 e. The largest absolute Gasteiger partial charge is 0.489 e. The molecule has 4 heterocycles. The number of carbonyl (C=O) groups is 2. The lowest BCUT2D eigenvalue weighted by Gasteiger charge is -2.45.